The van der Waals surface area contributed by atoms with Crippen molar-refractivity contribution in [2.24, 2.45) is 0 Å². The number of fused-ring (bicyclic) bond motifs is 1. The molecule has 0 aliphatic carbocycles. The maximum atomic E-state index is 11.3. The molecule has 1 atom stereocenters. The average Bonchev–Trinajstić information content (AvgIpc) is 2.06. The van der Waals surface area contributed by atoms with Crippen molar-refractivity contribution >= 4 is 17.3 Å². The zero-order valence-electron chi connectivity index (χ0n) is 7.16. The number of aliphatic hydroxyl groups is 1. The Labute approximate surface area is 75.6 Å². The van der Waals surface area contributed by atoms with Gasteiger partial charge < -0.3 is 15.7 Å². The number of amides is 1. The summed E-state index contributed by atoms with van der Waals surface area (Å²) in [6.45, 7) is 1.41. The molecule has 1 aliphatic rings. The highest BCUT2D eigenvalue weighted by molar-refractivity contribution is 6.04. The van der Waals surface area contributed by atoms with Gasteiger partial charge in [0.2, 0.25) is 5.72 Å². The van der Waals surface area contributed by atoms with Crippen molar-refractivity contribution in [3.8, 4) is 0 Å². The first-order valence-electron chi connectivity index (χ1n) is 4.01. The third-order valence-corrected chi connectivity index (χ3v) is 2.00. The standard InChI is InChI=1S/C9H10N2O2/c1-9(13)8(12)10-6-4-2-3-5-7(6)11-9/h2-5,11,13H,1H3,(H,10,12). The van der Waals surface area contributed by atoms with Crippen LogP contribution in [0.25, 0.3) is 0 Å². The van der Waals surface area contributed by atoms with Crippen molar-refractivity contribution < 1.29 is 9.90 Å². The molecule has 0 aromatic heterocycles. The van der Waals surface area contributed by atoms with Gasteiger partial charge in [-0.1, -0.05) is 12.1 Å². The summed E-state index contributed by atoms with van der Waals surface area (Å²) in [6, 6.07) is 7.22. The maximum Gasteiger partial charge on any atom is 0.277 e. The summed E-state index contributed by atoms with van der Waals surface area (Å²) in [5, 5.41) is 14.9. The second-order valence-electron chi connectivity index (χ2n) is 3.20. The SMILES string of the molecule is CC1(O)Nc2ccccc2NC1=O. The maximum absolute atomic E-state index is 11.3. The van der Waals surface area contributed by atoms with Gasteiger partial charge in [-0.15, -0.1) is 0 Å². The molecule has 68 valence electrons. The molecule has 0 fully saturated rings. The first-order valence-corrected chi connectivity index (χ1v) is 4.01. The van der Waals surface area contributed by atoms with Gasteiger partial charge in [-0.3, -0.25) is 4.79 Å². The van der Waals surface area contributed by atoms with Gasteiger partial charge in [0.25, 0.3) is 5.91 Å². The van der Waals surface area contributed by atoms with E-state index >= 15 is 0 Å². The molecule has 0 radical (unpaired) electrons. The first-order chi connectivity index (χ1) is 6.09. The van der Waals surface area contributed by atoms with Crippen LogP contribution in [0.4, 0.5) is 11.4 Å². The number of rotatable bonds is 0. The van der Waals surface area contributed by atoms with Crippen LogP contribution in [-0.2, 0) is 4.79 Å². The van der Waals surface area contributed by atoms with Crippen LogP contribution in [0, 0.1) is 0 Å². The Morgan fingerprint density at radius 1 is 1.31 bits per heavy atom. The zero-order chi connectivity index (χ0) is 9.47. The Morgan fingerprint density at radius 2 is 1.92 bits per heavy atom. The van der Waals surface area contributed by atoms with Gasteiger partial charge in [-0.25, -0.2) is 0 Å². The number of carbonyl (C=O) groups is 1. The van der Waals surface area contributed by atoms with Gasteiger partial charge in [0, 0.05) is 0 Å². The van der Waals surface area contributed by atoms with Gasteiger partial charge in [-0.2, -0.15) is 0 Å². The minimum absolute atomic E-state index is 0.439. The predicted molar refractivity (Wildman–Crippen MR) is 49.3 cm³/mol. The summed E-state index contributed by atoms with van der Waals surface area (Å²) in [5.41, 5.74) is -0.0972. The van der Waals surface area contributed by atoms with Crippen LogP contribution in [0.1, 0.15) is 6.92 Å². The summed E-state index contributed by atoms with van der Waals surface area (Å²) in [4.78, 5) is 11.3. The molecule has 1 aliphatic heterocycles. The Kier molecular flexibility index (Phi) is 1.53. The lowest BCUT2D eigenvalue weighted by Gasteiger charge is -2.30. The topological polar surface area (TPSA) is 61.4 Å². The molecular weight excluding hydrogens is 168 g/mol. The molecule has 1 heterocycles. The summed E-state index contributed by atoms with van der Waals surface area (Å²) in [7, 11) is 0. The smallest absolute Gasteiger partial charge is 0.277 e. The molecule has 0 saturated heterocycles. The largest absolute Gasteiger partial charge is 0.363 e. The van der Waals surface area contributed by atoms with Crippen LogP contribution in [0.5, 0.6) is 0 Å². The van der Waals surface area contributed by atoms with E-state index in [0.29, 0.717) is 5.69 Å². The second-order valence-corrected chi connectivity index (χ2v) is 3.20. The molecule has 1 aromatic rings. The molecule has 0 bridgehead atoms. The lowest BCUT2D eigenvalue weighted by atomic mass is 10.1. The van der Waals surface area contributed by atoms with E-state index in [2.05, 4.69) is 10.6 Å². The van der Waals surface area contributed by atoms with E-state index in [1.807, 2.05) is 12.1 Å². The molecule has 1 unspecified atom stereocenters. The fourth-order valence-corrected chi connectivity index (χ4v) is 1.26. The molecule has 13 heavy (non-hydrogen) atoms. The number of hydrogen-bond acceptors (Lipinski definition) is 3. The number of para-hydroxylation sites is 2. The highest BCUT2D eigenvalue weighted by Crippen LogP contribution is 2.28. The second kappa shape index (κ2) is 2.47. The van der Waals surface area contributed by atoms with Crippen LogP contribution in [0.2, 0.25) is 0 Å². The van der Waals surface area contributed by atoms with Crippen LogP contribution < -0.4 is 10.6 Å². The van der Waals surface area contributed by atoms with Gasteiger partial charge in [-0.05, 0) is 19.1 Å². The Bertz CT molecular complexity index is 360. The average molecular weight is 178 g/mol. The van der Waals surface area contributed by atoms with Crippen molar-refractivity contribution in [1.29, 1.82) is 0 Å². The third-order valence-electron chi connectivity index (χ3n) is 2.00. The zero-order valence-corrected chi connectivity index (χ0v) is 7.16. The van der Waals surface area contributed by atoms with Gasteiger partial charge >= 0.3 is 0 Å². The fraction of sp³-hybridized carbons (Fsp3) is 0.222. The normalized spacial score (nSPS) is 25.8. The summed E-state index contributed by atoms with van der Waals surface area (Å²) in [5.74, 6) is -0.439. The van der Waals surface area contributed by atoms with Crippen molar-refractivity contribution in [3.63, 3.8) is 0 Å². The predicted octanol–water partition coefficient (Wildman–Crippen LogP) is 0.759. The molecule has 4 nitrogen and oxygen atoms in total. The summed E-state index contributed by atoms with van der Waals surface area (Å²) < 4.78 is 0. The van der Waals surface area contributed by atoms with E-state index in [4.69, 9.17) is 0 Å². The van der Waals surface area contributed by atoms with E-state index in [9.17, 15) is 9.90 Å². The van der Waals surface area contributed by atoms with Gasteiger partial charge in [0.05, 0.1) is 11.4 Å². The van der Waals surface area contributed by atoms with Crippen molar-refractivity contribution in [3.05, 3.63) is 24.3 Å². The van der Waals surface area contributed by atoms with Crippen LogP contribution in [-0.4, -0.2) is 16.7 Å². The lowest BCUT2D eigenvalue weighted by molar-refractivity contribution is -0.130. The monoisotopic (exact) mass is 178 g/mol. The van der Waals surface area contributed by atoms with E-state index in [0.717, 1.165) is 5.69 Å². The fourth-order valence-electron chi connectivity index (χ4n) is 1.26. The number of nitrogens with one attached hydrogen (secondary N) is 2. The Morgan fingerprint density at radius 3 is 2.62 bits per heavy atom. The molecule has 3 N–H and O–H groups in total. The third kappa shape index (κ3) is 1.25. The minimum atomic E-state index is -1.52. The van der Waals surface area contributed by atoms with E-state index in [-0.39, 0.29) is 0 Å². The summed E-state index contributed by atoms with van der Waals surface area (Å²) in [6.07, 6.45) is 0. The Balaban J connectivity index is 2.44. The van der Waals surface area contributed by atoms with Crippen LogP contribution in [0.3, 0.4) is 0 Å². The van der Waals surface area contributed by atoms with Crippen molar-refractivity contribution in [2.45, 2.75) is 12.6 Å². The minimum Gasteiger partial charge on any atom is -0.363 e. The number of carbonyl (C=O) groups excluding carboxylic acids is 1. The highest BCUT2D eigenvalue weighted by Gasteiger charge is 2.34. The highest BCUT2D eigenvalue weighted by atomic mass is 16.3. The number of anilines is 2. The summed E-state index contributed by atoms with van der Waals surface area (Å²) >= 11 is 0. The van der Waals surface area contributed by atoms with Crippen molar-refractivity contribution in [2.75, 3.05) is 10.6 Å². The Hall–Kier alpha value is -1.55. The van der Waals surface area contributed by atoms with E-state index < -0.39 is 11.6 Å². The molecule has 4 heteroatoms. The molecular formula is C9H10N2O2. The molecule has 2 rings (SSSR count). The molecule has 0 saturated carbocycles. The van der Waals surface area contributed by atoms with Crippen molar-refractivity contribution in [1.82, 2.24) is 0 Å². The van der Waals surface area contributed by atoms with Gasteiger partial charge in [0.15, 0.2) is 0 Å². The van der Waals surface area contributed by atoms with E-state index in [1.54, 1.807) is 12.1 Å². The number of hydrogen-bond donors (Lipinski definition) is 3. The van der Waals surface area contributed by atoms with E-state index in [1.165, 1.54) is 6.92 Å². The quantitative estimate of drug-likeness (QED) is 0.549. The first kappa shape index (κ1) is 8.07. The number of benzene rings is 1. The van der Waals surface area contributed by atoms with Crippen LogP contribution >= 0.6 is 0 Å². The van der Waals surface area contributed by atoms with Gasteiger partial charge in [0.1, 0.15) is 0 Å². The molecule has 0 spiro atoms. The molecule has 1 aromatic carbocycles. The van der Waals surface area contributed by atoms with Crippen LogP contribution in [0.15, 0.2) is 24.3 Å². The lowest BCUT2D eigenvalue weighted by Crippen LogP contribution is -2.49. The molecule has 1 amide bonds.